The van der Waals surface area contributed by atoms with Crippen molar-refractivity contribution in [2.45, 2.75) is 326 Å². The van der Waals surface area contributed by atoms with E-state index in [4.69, 9.17) is 29.4 Å². The van der Waals surface area contributed by atoms with E-state index in [-0.39, 0.29) is 38.7 Å². The molecule has 1 fully saturated rings. The Kier molecular flexibility index (Phi) is 46.9. The second kappa shape index (κ2) is 51.0. The predicted octanol–water partition coefficient (Wildman–Crippen LogP) is 3.44. The molecule has 14 unspecified atom stereocenters. The number of aliphatic hydroxyl groups excluding tert-OH is 5. The Morgan fingerprint density at radius 2 is 1.08 bits per heavy atom. The van der Waals surface area contributed by atoms with Gasteiger partial charge in [0.05, 0.1) is 19.8 Å². The van der Waals surface area contributed by atoms with Gasteiger partial charge in [0.2, 0.25) is 41.4 Å². The number of carbonyl (C=O) groups is 10. The lowest BCUT2D eigenvalue weighted by Gasteiger charge is -2.45. The van der Waals surface area contributed by atoms with Gasteiger partial charge in [0.15, 0.2) is 12.4 Å². The number of esters is 2. The molecule has 0 saturated carbocycles. The van der Waals surface area contributed by atoms with E-state index in [1.54, 1.807) is 0 Å². The van der Waals surface area contributed by atoms with E-state index in [0.29, 0.717) is 12.8 Å². The van der Waals surface area contributed by atoms with E-state index in [1.165, 1.54) is 123 Å². The first kappa shape index (κ1) is 84.6. The molecule has 1 heterocycles. The van der Waals surface area contributed by atoms with E-state index in [9.17, 15) is 73.5 Å². The number of nitrogens with one attached hydrogen (secondary N) is 6. The molecule has 1 rings (SSSR count). The van der Waals surface area contributed by atoms with Gasteiger partial charge >= 0.3 is 11.9 Å². The normalized spacial score (nSPS) is 19.3. The minimum atomic E-state index is -2.01. The monoisotopic (exact) mass is 1320 g/mol. The fourth-order valence-corrected chi connectivity index (χ4v) is 10.5. The molecule has 27 nitrogen and oxygen atoms in total. The van der Waals surface area contributed by atoms with Crippen LogP contribution >= 0.6 is 0 Å². The van der Waals surface area contributed by atoms with E-state index in [1.807, 2.05) is 0 Å². The van der Waals surface area contributed by atoms with Gasteiger partial charge in [-0.25, -0.2) is 0 Å². The maximum atomic E-state index is 13.6. The smallest absolute Gasteiger partial charge is 0.306 e. The summed E-state index contributed by atoms with van der Waals surface area (Å²) in [6, 6.07) is -7.42. The van der Waals surface area contributed by atoms with E-state index >= 15 is 0 Å². The Morgan fingerprint density at radius 1 is 0.587 bits per heavy atom. The summed E-state index contributed by atoms with van der Waals surface area (Å²) in [6.07, 6.45) is 14.1. The molecule has 0 spiro atoms. The second-order valence-corrected chi connectivity index (χ2v) is 24.4. The summed E-state index contributed by atoms with van der Waals surface area (Å²) in [4.78, 5) is 129. The molecule has 92 heavy (non-hydrogen) atoms. The number of hydrogen-bond donors (Lipinski definition) is 12. The van der Waals surface area contributed by atoms with Crippen molar-refractivity contribution in [2.75, 3.05) is 26.4 Å². The number of hydrogen-bond acceptors (Lipinski definition) is 20. The minimum absolute atomic E-state index is 0.150. The number of ether oxygens (including phenoxy) is 5. The van der Waals surface area contributed by atoms with E-state index in [2.05, 4.69) is 45.7 Å². The number of rotatable bonds is 55. The lowest BCUT2D eigenvalue weighted by atomic mass is 9.96. The van der Waals surface area contributed by atoms with Crippen molar-refractivity contribution in [3.63, 3.8) is 0 Å². The summed E-state index contributed by atoms with van der Waals surface area (Å²) < 4.78 is 28.6. The number of nitrogens with two attached hydrogens (primary N) is 1. The van der Waals surface area contributed by atoms with Crippen LogP contribution in [0.25, 0.3) is 0 Å². The summed E-state index contributed by atoms with van der Waals surface area (Å²) in [5.74, 6) is -6.96. The maximum Gasteiger partial charge on any atom is 0.306 e. The van der Waals surface area contributed by atoms with Crippen LogP contribution in [0, 0.1) is 0 Å². The zero-order valence-electron chi connectivity index (χ0n) is 56.1. The van der Waals surface area contributed by atoms with Gasteiger partial charge in [-0.15, -0.1) is 0 Å². The molecule has 532 valence electrons. The summed E-state index contributed by atoms with van der Waals surface area (Å²) in [5, 5.41) is 66.7. The number of carbonyl (C=O) groups excluding carboxylic acids is 10. The zero-order valence-corrected chi connectivity index (χ0v) is 56.1. The van der Waals surface area contributed by atoms with Crippen molar-refractivity contribution in [1.82, 2.24) is 31.9 Å². The fraction of sp³-hybridized carbons (Fsp3) is 0.846. The molecule has 0 aromatic rings. The van der Waals surface area contributed by atoms with Crippen molar-refractivity contribution in [3.05, 3.63) is 0 Å². The van der Waals surface area contributed by atoms with Crippen molar-refractivity contribution < 1.29 is 97.2 Å². The highest BCUT2D eigenvalue weighted by Crippen LogP contribution is 2.27. The molecule has 0 aliphatic carbocycles. The van der Waals surface area contributed by atoms with Crippen LogP contribution in [0.4, 0.5) is 0 Å². The first-order valence-electron chi connectivity index (χ1n) is 34.0. The average Bonchev–Trinajstić information content (AvgIpc) is 0.825. The van der Waals surface area contributed by atoms with Gasteiger partial charge in [-0.2, -0.15) is 0 Å². The Balaban J connectivity index is 2.93. The molecule has 0 aromatic heterocycles. The van der Waals surface area contributed by atoms with Crippen molar-refractivity contribution in [1.29, 1.82) is 0 Å². The molecule has 0 radical (unpaired) electrons. The van der Waals surface area contributed by atoms with Gasteiger partial charge < -0.3 is 91.6 Å². The Morgan fingerprint density at radius 3 is 1.53 bits per heavy atom. The fourth-order valence-electron chi connectivity index (χ4n) is 10.5. The van der Waals surface area contributed by atoms with E-state index in [0.717, 1.165) is 65.7 Å². The van der Waals surface area contributed by atoms with Crippen LogP contribution in [0.3, 0.4) is 0 Å². The number of unbranched alkanes of at least 4 members (excludes halogenated alkanes) is 24. The summed E-state index contributed by atoms with van der Waals surface area (Å²) in [7, 11) is 0. The highest BCUT2D eigenvalue weighted by atomic mass is 16.7. The van der Waals surface area contributed by atoms with Gasteiger partial charge in [-0.05, 0) is 40.0 Å². The van der Waals surface area contributed by atoms with Gasteiger partial charge in [0.25, 0.3) is 0 Å². The van der Waals surface area contributed by atoms with Crippen LogP contribution in [-0.4, -0.2) is 197 Å². The van der Waals surface area contributed by atoms with Crippen molar-refractivity contribution in [2.24, 2.45) is 5.73 Å². The first-order valence-corrected chi connectivity index (χ1v) is 34.0. The van der Waals surface area contributed by atoms with Gasteiger partial charge in [-0.3, -0.25) is 43.2 Å². The van der Waals surface area contributed by atoms with E-state index < -0.39 is 158 Å². The number of primary amides is 1. The topological polar surface area (TPSA) is 416 Å². The van der Waals surface area contributed by atoms with Gasteiger partial charge in [0, 0.05) is 33.1 Å². The molecule has 1 aliphatic heterocycles. The quantitative estimate of drug-likeness (QED) is 0.0236. The Hall–Kier alpha value is -5.42. The second-order valence-electron chi connectivity index (χ2n) is 24.4. The minimum Gasteiger partial charge on any atom is -0.462 e. The highest BCUT2D eigenvalue weighted by Gasteiger charge is 2.49. The third kappa shape index (κ3) is 37.5. The molecule has 13 N–H and O–H groups in total. The molecule has 0 aromatic carbocycles. The summed E-state index contributed by atoms with van der Waals surface area (Å²) in [6.45, 7) is 7.78. The van der Waals surface area contributed by atoms with Crippen LogP contribution < -0.4 is 37.6 Å². The molecule has 1 saturated heterocycles. The van der Waals surface area contributed by atoms with Crippen LogP contribution in [-0.2, 0) is 71.6 Å². The third-order valence-electron chi connectivity index (χ3n) is 16.1. The zero-order chi connectivity index (χ0) is 68.8. The van der Waals surface area contributed by atoms with Gasteiger partial charge in [-0.1, -0.05) is 168 Å². The molecule has 1 aliphatic rings. The lowest BCUT2D eigenvalue weighted by molar-refractivity contribution is -0.302. The number of aliphatic hydroxyl groups is 5. The molecule has 14 atom stereocenters. The molecule has 27 heteroatoms. The highest BCUT2D eigenvalue weighted by molar-refractivity contribution is 5.93. The first-order chi connectivity index (χ1) is 43.9. The molecular formula is C65H117N7O20. The average molecular weight is 1320 g/mol. The van der Waals surface area contributed by atoms with Crippen molar-refractivity contribution >= 4 is 59.6 Å². The molecular weight excluding hydrogens is 1200 g/mol. The summed E-state index contributed by atoms with van der Waals surface area (Å²) >= 11 is 0. The summed E-state index contributed by atoms with van der Waals surface area (Å²) in [5.41, 5.74) is 5.59. The van der Waals surface area contributed by atoms with Crippen molar-refractivity contribution in [3.8, 4) is 0 Å². The van der Waals surface area contributed by atoms with Crippen LogP contribution in [0.15, 0.2) is 0 Å². The molecule has 7 amide bonds. The third-order valence-corrected chi connectivity index (χ3v) is 16.1. The standard InChI is InChI=1S/C65H117N7O20/c1-8-10-12-14-16-18-20-22-24-26-28-30-32-34-54(80)88-42-48(90-55(81)35-33-31-29-27-25-23-21-19-17-15-13-11-9-2)38-67-62(85)43(3)68-53(79)37-36-49(61(66)84)72-63(86)44(4)69-64(87)45(5)89-59(50(39-73)70-46(6)76)60(51(78)40-74)92-65-56(71-47(7)77)58(83)57(82)52(41-75)91-65/h39,43-45,48-52,56-60,65,74-75,78,82-83H,8-38,40-42H2,1-7H3,(H2,66,84)(H,67,85)(H,68,79)(H,69,87)(H,70,76)(H,71,77)(H,72,86). The SMILES string of the molecule is CCCCCCCCCCCCCCCC(=O)OCC(CNC(=O)C(C)NC(=O)CCC(NC(=O)C(C)NC(=O)C(C)OC(C(C=O)NC(C)=O)C(OC1OC(CO)C(O)C(O)C1NC(C)=O)C(O)CO)C(N)=O)OC(=O)CCCCCCCCCCCCCCC. The number of amides is 7. The number of aldehydes is 1. The Labute approximate surface area is 545 Å². The van der Waals surface area contributed by atoms with Crippen LogP contribution in [0.1, 0.15) is 241 Å². The molecule has 0 bridgehead atoms. The lowest BCUT2D eigenvalue weighted by Crippen LogP contribution is -2.66. The largest absolute Gasteiger partial charge is 0.462 e. The van der Waals surface area contributed by atoms with Crippen LogP contribution in [0.5, 0.6) is 0 Å². The maximum absolute atomic E-state index is 13.6. The van der Waals surface area contributed by atoms with Gasteiger partial charge in [0.1, 0.15) is 85.8 Å². The Bertz CT molecular complexity index is 2130. The predicted molar refractivity (Wildman–Crippen MR) is 341 cm³/mol. The van der Waals surface area contributed by atoms with Crippen LogP contribution in [0.2, 0.25) is 0 Å².